The monoisotopic (exact) mass is 410 g/mol. The molecule has 6 heteroatoms. The Hall–Kier alpha value is -2.63. The first-order valence-electron chi connectivity index (χ1n) is 9.73. The summed E-state index contributed by atoms with van der Waals surface area (Å²) in [6.45, 7) is 8.14. The molecule has 0 radical (unpaired) electrons. The van der Waals surface area contributed by atoms with E-state index in [0.29, 0.717) is 16.8 Å². The number of aryl methyl sites for hydroxylation is 2. The van der Waals surface area contributed by atoms with Gasteiger partial charge in [-0.15, -0.1) is 0 Å². The van der Waals surface area contributed by atoms with E-state index in [4.69, 9.17) is 11.6 Å². The van der Waals surface area contributed by atoms with Crippen LogP contribution in [0.5, 0.6) is 0 Å². The standard InChI is InChI=1S/C23H27ClN4O/c1-14(2)20(13-29)26-23-25-19(17-8-6-5-7-9-17)12-21(28-23)27-22-15(3)10-18(24)11-16(22)4/h5-12,14,20,29H,13H2,1-4H3,(H2,25,26,27,28)/t20-/m0/s1. The SMILES string of the molecule is Cc1cc(Cl)cc(C)c1Nc1cc(-c2ccccc2)nc(N[C@@H](CO)C(C)C)n1. The zero-order valence-electron chi connectivity index (χ0n) is 17.2. The lowest BCUT2D eigenvalue weighted by Gasteiger charge is -2.21. The summed E-state index contributed by atoms with van der Waals surface area (Å²) in [5.74, 6) is 1.39. The van der Waals surface area contributed by atoms with Gasteiger partial charge in [0.25, 0.3) is 0 Å². The Morgan fingerprint density at radius 3 is 2.24 bits per heavy atom. The average molecular weight is 411 g/mol. The minimum atomic E-state index is -0.132. The predicted octanol–water partition coefficient (Wildman–Crippen LogP) is 5.59. The van der Waals surface area contributed by atoms with Gasteiger partial charge in [0.2, 0.25) is 5.95 Å². The third kappa shape index (κ3) is 5.25. The molecular weight excluding hydrogens is 384 g/mol. The molecule has 0 unspecified atom stereocenters. The van der Waals surface area contributed by atoms with Crippen LogP contribution < -0.4 is 10.6 Å². The molecule has 1 atom stereocenters. The molecule has 0 saturated heterocycles. The molecule has 0 aliphatic heterocycles. The van der Waals surface area contributed by atoms with Crippen molar-refractivity contribution in [1.82, 2.24) is 9.97 Å². The normalized spacial score (nSPS) is 12.1. The van der Waals surface area contributed by atoms with E-state index in [1.54, 1.807) is 0 Å². The Bertz CT molecular complexity index is 953. The third-order valence-corrected chi connectivity index (χ3v) is 5.08. The van der Waals surface area contributed by atoms with Crippen molar-refractivity contribution in [3.63, 3.8) is 0 Å². The van der Waals surface area contributed by atoms with Crippen LogP contribution in [-0.4, -0.2) is 27.7 Å². The van der Waals surface area contributed by atoms with Gasteiger partial charge in [-0.25, -0.2) is 4.98 Å². The highest BCUT2D eigenvalue weighted by atomic mass is 35.5. The largest absolute Gasteiger partial charge is 0.394 e. The van der Waals surface area contributed by atoms with Gasteiger partial charge in [0.1, 0.15) is 5.82 Å². The molecule has 1 aromatic heterocycles. The highest BCUT2D eigenvalue weighted by Gasteiger charge is 2.16. The number of anilines is 3. The molecule has 0 bridgehead atoms. The van der Waals surface area contributed by atoms with Gasteiger partial charge in [0, 0.05) is 22.3 Å². The molecule has 3 rings (SSSR count). The molecule has 2 aromatic carbocycles. The molecule has 0 aliphatic carbocycles. The molecule has 29 heavy (non-hydrogen) atoms. The smallest absolute Gasteiger partial charge is 0.225 e. The summed E-state index contributed by atoms with van der Waals surface area (Å²) in [5.41, 5.74) is 4.85. The zero-order chi connectivity index (χ0) is 21.0. The Morgan fingerprint density at radius 2 is 1.66 bits per heavy atom. The van der Waals surface area contributed by atoms with Gasteiger partial charge in [-0.3, -0.25) is 0 Å². The fraction of sp³-hybridized carbons (Fsp3) is 0.304. The summed E-state index contributed by atoms with van der Waals surface area (Å²) in [4.78, 5) is 9.33. The molecule has 3 N–H and O–H groups in total. The Kier molecular flexibility index (Phi) is 6.72. The van der Waals surface area contributed by atoms with E-state index in [0.717, 1.165) is 28.1 Å². The van der Waals surface area contributed by atoms with E-state index in [2.05, 4.69) is 34.4 Å². The fourth-order valence-electron chi connectivity index (χ4n) is 3.16. The second kappa shape index (κ2) is 9.25. The van der Waals surface area contributed by atoms with E-state index in [1.165, 1.54) is 0 Å². The summed E-state index contributed by atoms with van der Waals surface area (Å²) in [6.07, 6.45) is 0. The predicted molar refractivity (Wildman–Crippen MR) is 121 cm³/mol. The molecule has 0 spiro atoms. The van der Waals surface area contributed by atoms with Gasteiger partial charge in [0.05, 0.1) is 18.3 Å². The maximum Gasteiger partial charge on any atom is 0.225 e. The average Bonchev–Trinajstić information content (AvgIpc) is 2.69. The van der Waals surface area contributed by atoms with Crippen molar-refractivity contribution >= 4 is 29.1 Å². The van der Waals surface area contributed by atoms with Crippen LogP contribution in [0.1, 0.15) is 25.0 Å². The second-order valence-corrected chi connectivity index (χ2v) is 7.98. The van der Waals surface area contributed by atoms with E-state index < -0.39 is 0 Å². The van der Waals surface area contributed by atoms with Gasteiger partial charge in [-0.05, 0) is 43.0 Å². The number of aliphatic hydroxyl groups is 1. The van der Waals surface area contributed by atoms with E-state index in [9.17, 15) is 5.11 Å². The zero-order valence-corrected chi connectivity index (χ0v) is 18.0. The molecular formula is C23H27ClN4O. The topological polar surface area (TPSA) is 70.1 Å². The lowest BCUT2D eigenvalue weighted by atomic mass is 10.1. The van der Waals surface area contributed by atoms with Crippen LogP contribution >= 0.6 is 11.6 Å². The highest BCUT2D eigenvalue weighted by Crippen LogP contribution is 2.29. The molecule has 0 aliphatic rings. The Morgan fingerprint density at radius 1 is 1.00 bits per heavy atom. The van der Waals surface area contributed by atoms with Gasteiger partial charge in [0.15, 0.2) is 0 Å². The summed E-state index contributed by atoms with van der Waals surface area (Å²) in [6, 6.07) is 15.6. The maximum atomic E-state index is 9.70. The highest BCUT2D eigenvalue weighted by molar-refractivity contribution is 6.30. The lowest BCUT2D eigenvalue weighted by Crippen LogP contribution is -2.30. The summed E-state index contributed by atoms with van der Waals surface area (Å²) >= 11 is 6.17. The number of aromatic nitrogens is 2. The quantitative estimate of drug-likeness (QED) is 0.473. The molecule has 152 valence electrons. The Balaban J connectivity index is 2.03. The Labute approximate surface area is 177 Å². The summed E-state index contributed by atoms with van der Waals surface area (Å²) < 4.78 is 0. The van der Waals surface area contributed by atoms with Crippen LogP contribution in [-0.2, 0) is 0 Å². The van der Waals surface area contributed by atoms with Crippen LogP contribution in [0, 0.1) is 19.8 Å². The number of hydrogen-bond acceptors (Lipinski definition) is 5. The molecule has 3 aromatic rings. The maximum absolute atomic E-state index is 9.70. The number of rotatable bonds is 7. The van der Waals surface area contributed by atoms with Gasteiger partial charge in [-0.2, -0.15) is 4.98 Å². The molecule has 0 amide bonds. The second-order valence-electron chi connectivity index (χ2n) is 7.55. The van der Waals surface area contributed by atoms with Crippen LogP contribution in [0.2, 0.25) is 5.02 Å². The summed E-state index contributed by atoms with van der Waals surface area (Å²) in [5, 5.41) is 17.1. The first-order valence-corrected chi connectivity index (χ1v) is 10.1. The van der Waals surface area contributed by atoms with Crippen molar-refractivity contribution in [3.05, 3.63) is 64.7 Å². The van der Waals surface area contributed by atoms with Gasteiger partial charge >= 0.3 is 0 Å². The van der Waals surface area contributed by atoms with Crippen LogP contribution in [0.3, 0.4) is 0 Å². The lowest BCUT2D eigenvalue weighted by molar-refractivity contribution is 0.248. The minimum absolute atomic E-state index is 0.00868. The molecule has 0 fully saturated rings. The van der Waals surface area contributed by atoms with Crippen molar-refractivity contribution in [2.45, 2.75) is 33.7 Å². The third-order valence-electron chi connectivity index (χ3n) is 4.86. The number of halogens is 1. The molecule has 1 heterocycles. The number of nitrogens with zero attached hydrogens (tertiary/aromatic N) is 2. The van der Waals surface area contributed by atoms with E-state index in [-0.39, 0.29) is 18.6 Å². The number of benzene rings is 2. The van der Waals surface area contributed by atoms with Crippen molar-refractivity contribution < 1.29 is 5.11 Å². The molecule has 0 saturated carbocycles. The molecule has 5 nitrogen and oxygen atoms in total. The van der Waals surface area contributed by atoms with E-state index >= 15 is 0 Å². The first kappa shape index (κ1) is 21.1. The van der Waals surface area contributed by atoms with Crippen molar-refractivity contribution in [2.75, 3.05) is 17.2 Å². The first-order chi connectivity index (χ1) is 13.9. The van der Waals surface area contributed by atoms with E-state index in [1.807, 2.05) is 62.4 Å². The van der Waals surface area contributed by atoms with Gasteiger partial charge in [-0.1, -0.05) is 55.8 Å². The number of nitrogens with one attached hydrogen (secondary N) is 2. The summed E-state index contributed by atoms with van der Waals surface area (Å²) in [7, 11) is 0. The van der Waals surface area contributed by atoms with Crippen molar-refractivity contribution in [1.29, 1.82) is 0 Å². The minimum Gasteiger partial charge on any atom is -0.394 e. The van der Waals surface area contributed by atoms with Gasteiger partial charge < -0.3 is 15.7 Å². The van der Waals surface area contributed by atoms with Crippen LogP contribution in [0.4, 0.5) is 17.5 Å². The number of hydrogen-bond donors (Lipinski definition) is 3. The van der Waals surface area contributed by atoms with Crippen molar-refractivity contribution in [3.8, 4) is 11.3 Å². The van der Waals surface area contributed by atoms with Crippen LogP contribution in [0.25, 0.3) is 11.3 Å². The number of aliphatic hydroxyl groups excluding tert-OH is 1. The van der Waals surface area contributed by atoms with Crippen molar-refractivity contribution in [2.24, 2.45) is 5.92 Å². The fourth-order valence-corrected chi connectivity index (χ4v) is 3.48. The van der Waals surface area contributed by atoms with Crippen LogP contribution in [0.15, 0.2) is 48.5 Å².